The number of nitrogens with zero attached hydrogens (tertiary/aromatic N) is 1. The average Bonchev–Trinajstić information content (AvgIpc) is 2.71. The number of aromatic nitrogens is 1. The third-order valence-corrected chi connectivity index (χ3v) is 4.65. The molecule has 0 spiro atoms. The van der Waals surface area contributed by atoms with E-state index in [-0.39, 0.29) is 12.4 Å². The van der Waals surface area contributed by atoms with Crippen LogP contribution in [0.15, 0.2) is 6.20 Å². The number of thioether (sulfide) groups is 1. The van der Waals surface area contributed by atoms with E-state index in [2.05, 4.69) is 10.3 Å². The number of halogens is 2. The summed E-state index contributed by atoms with van der Waals surface area (Å²) < 4.78 is 0.653. The van der Waals surface area contributed by atoms with Crippen molar-refractivity contribution in [3.8, 4) is 0 Å². The van der Waals surface area contributed by atoms with Gasteiger partial charge in [-0.25, -0.2) is 4.98 Å². The van der Waals surface area contributed by atoms with E-state index in [0.29, 0.717) is 4.47 Å². The third kappa shape index (κ3) is 3.59. The largest absolute Gasteiger partial charge is 0.316 e. The molecule has 2 nitrogen and oxygen atoms in total. The van der Waals surface area contributed by atoms with Gasteiger partial charge in [0.25, 0.3) is 0 Å². The van der Waals surface area contributed by atoms with Gasteiger partial charge in [0.1, 0.15) is 0 Å². The normalized spacial score (nSPS) is 20.8. The highest BCUT2D eigenvalue weighted by atomic mass is 35.5. The number of hydrogen-bond donors (Lipinski definition) is 1. The first-order valence-electron chi connectivity index (χ1n) is 4.27. The van der Waals surface area contributed by atoms with Crippen LogP contribution in [-0.4, -0.2) is 23.3 Å². The van der Waals surface area contributed by atoms with E-state index in [1.54, 1.807) is 11.3 Å². The monoisotopic (exact) mass is 270 g/mol. The van der Waals surface area contributed by atoms with E-state index in [0.717, 1.165) is 17.5 Å². The molecule has 1 fully saturated rings. The van der Waals surface area contributed by atoms with Crippen LogP contribution in [0, 0.1) is 0 Å². The summed E-state index contributed by atoms with van der Waals surface area (Å²) in [6.45, 7) is 2.32. The molecule has 0 aliphatic carbocycles. The zero-order valence-corrected chi connectivity index (χ0v) is 10.7. The Morgan fingerprint density at radius 3 is 3.14 bits per heavy atom. The first kappa shape index (κ1) is 12.6. The van der Waals surface area contributed by atoms with Gasteiger partial charge in [-0.05, 0) is 13.0 Å². The molecule has 1 saturated heterocycles. The maximum absolute atomic E-state index is 5.74. The van der Waals surface area contributed by atoms with Crippen LogP contribution in [0.4, 0.5) is 0 Å². The fraction of sp³-hybridized carbons (Fsp3) is 0.625. The Morgan fingerprint density at radius 1 is 1.71 bits per heavy atom. The van der Waals surface area contributed by atoms with E-state index >= 15 is 0 Å². The number of thiazole rings is 1. The number of rotatable bonds is 3. The molecule has 6 heteroatoms. The van der Waals surface area contributed by atoms with Crippen molar-refractivity contribution in [1.29, 1.82) is 0 Å². The van der Waals surface area contributed by atoms with Gasteiger partial charge in [-0.15, -0.1) is 23.7 Å². The quantitative estimate of drug-likeness (QED) is 0.915. The Morgan fingerprint density at radius 2 is 2.57 bits per heavy atom. The van der Waals surface area contributed by atoms with Gasteiger partial charge in [0, 0.05) is 28.6 Å². The Hall–Kier alpha value is 0.520. The summed E-state index contributed by atoms with van der Waals surface area (Å²) in [4.78, 5) is 5.30. The lowest BCUT2D eigenvalue weighted by molar-refractivity contribution is 0.858. The Labute approximate surface area is 103 Å². The molecule has 1 aromatic rings. The molecule has 1 aliphatic heterocycles. The molecule has 0 bridgehead atoms. The molecule has 0 aromatic carbocycles. The summed E-state index contributed by atoms with van der Waals surface area (Å²) in [5.41, 5.74) is 0. The molecule has 0 amide bonds. The van der Waals surface area contributed by atoms with Crippen LogP contribution in [0.3, 0.4) is 0 Å². The van der Waals surface area contributed by atoms with Crippen molar-refractivity contribution in [2.24, 2.45) is 0 Å². The minimum absolute atomic E-state index is 0. The summed E-state index contributed by atoms with van der Waals surface area (Å²) in [6, 6.07) is 0. The molecule has 1 atom stereocenters. The van der Waals surface area contributed by atoms with Crippen LogP contribution >= 0.6 is 47.1 Å². The van der Waals surface area contributed by atoms with Gasteiger partial charge in [0.2, 0.25) is 0 Å². The lowest BCUT2D eigenvalue weighted by atomic mass is 10.4. The summed E-state index contributed by atoms with van der Waals surface area (Å²) in [6.07, 6.45) is 3.17. The zero-order valence-electron chi connectivity index (χ0n) is 7.53. The standard InChI is InChI=1S/C8H11ClN2S2.ClH/c9-8-11-4-7(13-8)5-12-6-1-2-10-3-6;/h4,6,10H,1-3,5H2;1H. The van der Waals surface area contributed by atoms with Crippen LogP contribution in [0.5, 0.6) is 0 Å². The molecule has 0 radical (unpaired) electrons. The van der Waals surface area contributed by atoms with Crippen LogP contribution in [0.25, 0.3) is 0 Å². The second kappa shape index (κ2) is 6.18. The molecule has 1 aliphatic rings. The van der Waals surface area contributed by atoms with E-state index in [4.69, 9.17) is 11.6 Å². The molecular formula is C8H12Cl2N2S2. The van der Waals surface area contributed by atoms with E-state index in [1.807, 2.05) is 18.0 Å². The van der Waals surface area contributed by atoms with Crippen molar-refractivity contribution in [1.82, 2.24) is 10.3 Å². The van der Waals surface area contributed by atoms with E-state index in [1.165, 1.54) is 17.8 Å². The first-order valence-corrected chi connectivity index (χ1v) is 6.51. The molecule has 80 valence electrons. The molecule has 2 heterocycles. The summed E-state index contributed by atoms with van der Waals surface area (Å²) in [5, 5.41) is 4.13. The van der Waals surface area contributed by atoms with Gasteiger partial charge in [-0.3, -0.25) is 0 Å². The highest BCUT2D eigenvalue weighted by Crippen LogP contribution is 2.26. The maximum atomic E-state index is 5.74. The molecule has 2 rings (SSSR count). The summed E-state index contributed by atoms with van der Waals surface area (Å²) in [5.74, 6) is 1.05. The van der Waals surface area contributed by atoms with Gasteiger partial charge in [-0.1, -0.05) is 11.6 Å². The molecular weight excluding hydrogens is 259 g/mol. The van der Waals surface area contributed by atoms with Crippen molar-refractivity contribution in [3.63, 3.8) is 0 Å². The van der Waals surface area contributed by atoms with Gasteiger partial charge in [0.15, 0.2) is 4.47 Å². The van der Waals surface area contributed by atoms with Crippen LogP contribution in [-0.2, 0) is 5.75 Å². The van der Waals surface area contributed by atoms with Crippen LogP contribution < -0.4 is 5.32 Å². The van der Waals surface area contributed by atoms with Crippen molar-refractivity contribution in [2.45, 2.75) is 17.4 Å². The second-order valence-electron chi connectivity index (χ2n) is 3.01. The van der Waals surface area contributed by atoms with E-state index in [9.17, 15) is 0 Å². The minimum atomic E-state index is 0. The topological polar surface area (TPSA) is 24.9 Å². The molecule has 1 aromatic heterocycles. The fourth-order valence-electron chi connectivity index (χ4n) is 1.32. The SMILES string of the molecule is Cl.Clc1ncc(CSC2CCNC2)s1. The Bertz CT molecular complexity index is 274. The predicted octanol–water partition coefficient (Wildman–Crippen LogP) is 2.81. The van der Waals surface area contributed by atoms with Crippen molar-refractivity contribution >= 4 is 47.1 Å². The van der Waals surface area contributed by atoms with Gasteiger partial charge in [0.05, 0.1) is 0 Å². The number of hydrogen-bond acceptors (Lipinski definition) is 4. The maximum Gasteiger partial charge on any atom is 0.183 e. The fourth-order valence-corrected chi connectivity index (χ4v) is 3.53. The summed E-state index contributed by atoms with van der Waals surface area (Å²) in [7, 11) is 0. The lowest BCUT2D eigenvalue weighted by Crippen LogP contribution is -2.10. The van der Waals surface area contributed by atoms with Gasteiger partial charge < -0.3 is 5.32 Å². The molecule has 1 N–H and O–H groups in total. The van der Waals surface area contributed by atoms with E-state index < -0.39 is 0 Å². The first-order chi connectivity index (χ1) is 6.34. The van der Waals surface area contributed by atoms with Crippen molar-refractivity contribution < 1.29 is 0 Å². The minimum Gasteiger partial charge on any atom is -0.316 e. The highest BCUT2D eigenvalue weighted by molar-refractivity contribution is 7.99. The van der Waals surface area contributed by atoms with Gasteiger partial charge >= 0.3 is 0 Å². The Kier molecular flexibility index (Phi) is 5.56. The smallest absolute Gasteiger partial charge is 0.183 e. The zero-order chi connectivity index (χ0) is 9.10. The molecule has 14 heavy (non-hydrogen) atoms. The average molecular weight is 271 g/mol. The number of nitrogens with one attached hydrogen (secondary N) is 1. The third-order valence-electron chi connectivity index (χ3n) is 2.00. The lowest BCUT2D eigenvalue weighted by Gasteiger charge is -2.05. The van der Waals surface area contributed by atoms with Gasteiger partial charge in [-0.2, -0.15) is 11.8 Å². The summed E-state index contributed by atoms with van der Waals surface area (Å²) >= 11 is 9.33. The second-order valence-corrected chi connectivity index (χ2v) is 5.99. The molecule has 0 saturated carbocycles. The highest BCUT2D eigenvalue weighted by Gasteiger charge is 2.14. The molecule has 1 unspecified atom stereocenters. The van der Waals surface area contributed by atoms with Crippen molar-refractivity contribution in [2.75, 3.05) is 13.1 Å². The van der Waals surface area contributed by atoms with Crippen LogP contribution in [0.1, 0.15) is 11.3 Å². The predicted molar refractivity (Wildman–Crippen MR) is 66.9 cm³/mol. The van der Waals surface area contributed by atoms with Crippen molar-refractivity contribution in [3.05, 3.63) is 15.5 Å². The Balaban J connectivity index is 0.000000980. The van der Waals surface area contributed by atoms with Crippen LogP contribution in [0.2, 0.25) is 4.47 Å².